The Labute approximate surface area is 118 Å². The van der Waals surface area contributed by atoms with Crippen molar-refractivity contribution in [2.75, 3.05) is 0 Å². The number of rotatable bonds is 3. The summed E-state index contributed by atoms with van der Waals surface area (Å²) in [6.45, 7) is 2.62. The molecule has 0 saturated heterocycles. The minimum absolute atomic E-state index is 0.542. The predicted octanol–water partition coefficient (Wildman–Crippen LogP) is 3.31. The van der Waals surface area contributed by atoms with Crippen molar-refractivity contribution in [2.24, 2.45) is 5.73 Å². The number of nitrogens with zero attached hydrogens (tertiary/aromatic N) is 2. The first-order chi connectivity index (χ1) is 9.78. The molecule has 2 N–H and O–H groups in total. The molecule has 100 valence electrons. The molecule has 0 aliphatic carbocycles. The van der Waals surface area contributed by atoms with Gasteiger partial charge in [-0.2, -0.15) is 5.10 Å². The summed E-state index contributed by atoms with van der Waals surface area (Å²) in [5.41, 5.74) is 11.4. The van der Waals surface area contributed by atoms with Gasteiger partial charge in [0.25, 0.3) is 0 Å². The second kappa shape index (κ2) is 5.31. The maximum absolute atomic E-state index is 5.71. The van der Waals surface area contributed by atoms with Gasteiger partial charge in [0.05, 0.1) is 11.9 Å². The molecule has 0 aliphatic rings. The Hall–Kier alpha value is -2.39. The number of aryl methyl sites for hydroxylation is 1. The fourth-order valence-corrected chi connectivity index (χ4v) is 2.26. The average Bonchev–Trinajstić information content (AvgIpc) is 2.98. The first kappa shape index (κ1) is 12.6. The molecule has 1 heterocycles. The number of hydrogen-bond donors (Lipinski definition) is 1. The van der Waals surface area contributed by atoms with Gasteiger partial charge in [0.1, 0.15) is 0 Å². The summed E-state index contributed by atoms with van der Waals surface area (Å²) < 4.78 is 1.91. The van der Waals surface area contributed by atoms with E-state index in [2.05, 4.69) is 48.6 Å². The third-order valence-electron chi connectivity index (χ3n) is 3.45. The van der Waals surface area contributed by atoms with Crippen LogP contribution >= 0.6 is 0 Å². The number of hydrogen-bond acceptors (Lipinski definition) is 2. The van der Waals surface area contributed by atoms with Crippen molar-refractivity contribution in [1.29, 1.82) is 0 Å². The third kappa shape index (κ3) is 2.36. The van der Waals surface area contributed by atoms with Crippen LogP contribution in [-0.2, 0) is 6.54 Å². The summed E-state index contributed by atoms with van der Waals surface area (Å²) in [6.07, 6.45) is 3.95. The van der Waals surface area contributed by atoms with E-state index in [1.807, 2.05) is 29.1 Å². The summed E-state index contributed by atoms with van der Waals surface area (Å²) in [6, 6.07) is 16.5. The van der Waals surface area contributed by atoms with Crippen molar-refractivity contribution >= 4 is 0 Å². The highest BCUT2D eigenvalue weighted by molar-refractivity contribution is 5.62. The zero-order valence-corrected chi connectivity index (χ0v) is 11.5. The average molecular weight is 263 g/mol. The van der Waals surface area contributed by atoms with Gasteiger partial charge in [0.2, 0.25) is 0 Å². The van der Waals surface area contributed by atoms with E-state index >= 15 is 0 Å². The zero-order chi connectivity index (χ0) is 13.9. The molecule has 2 aromatic carbocycles. The summed E-state index contributed by atoms with van der Waals surface area (Å²) in [5, 5.41) is 4.47. The van der Waals surface area contributed by atoms with Crippen LogP contribution in [0.15, 0.2) is 60.9 Å². The molecule has 20 heavy (non-hydrogen) atoms. The smallest absolute Gasteiger partial charge is 0.0678 e. The molecular weight excluding hydrogens is 246 g/mol. The molecule has 0 fully saturated rings. The lowest BCUT2D eigenvalue weighted by atomic mass is 10.1. The van der Waals surface area contributed by atoms with E-state index < -0.39 is 0 Å². The molecule has 0 unspecified atom stereocenters. The largest absolute Gasteiger partial charge is 0.326 e. The van der Waals surface area contributed by atoms with Gasteiger partial charge in [-0.25, -0.2) is 4.68 Å². The van der Waals surface area contributed by atoms with Gasteiger partial charge >= 0.3 is 0 Å². The molecule has 3 aromatic rings. The van der Waals surface area contributed by atoms with Crippen LogP contribution in [0, 0.1) is 6.92 Å². The van der Waals surface area contributed by atoms with Crippen molar-refractivity contribution in [3.63, 3.8) is 0 Å². The molecular formula is C17H17N3. The Balaban J connectivity index is 2.02. The lowest BCUT2D eigenvalue weighted by Crippen LogP contribution is -2.01. The van der Waals surface area contributed by atoms with E-state index in [4.69, 9.17) is 5.73 Å². The molecule has 0 amide bonds. The number of nitrogens with two attached hydrogens (primary N) is 1. The molecule has 1 aromatic heterocycles. The van der Waals surface area contributed by atoms with E-state index in [1.165, 1.54) is 11.1 Å². The van der Waals surface area contributed by atoms with E-state index in [1.54, 1.807) is 0 Å². The van der Waals surface area contributed by atoms with Gasteiger partial charge < -0.3 is 5.73 Å². The highest BCUT2D eigenvalue weighted by Crippen LogP contribution is 2.21. The summed E-state index contributed by atoms with van der Waals surface area (Å²) in [5.74, 6) is 0. The number of aromatic nitrogens is 2. The molecule has 3 nitrogen and oxygen atoms in total. The topological polar surface area (TPSA) is 43.8 Å². The SMILES string of the molecule is Cc1ccc(CN)cc1-n1cc(-c2ccccc2)cn1. The highest BCUT2D eigenvalue weighted by Gasteiger charge is 2.06. The van der Waals surface area contributed by atoms with Crippen molar-refractivity contribution in [3.8, 4) is 16.8 Å². The highest BCUT2D eigenvalue weighted by atomic mass is 15.3. The van der Waals surface area contributed by atoms with Gasteiger partial charge in [-0.3, -0.25) is 0 Å². The fourth-order valence-electron chi connectivity index (χ4n) is 2.26. The van der Waals surface area contributed by atoms with Crippen LogP contribution < -0.4 is 5.73 Å². The molecule has 0 bridgehead atoms. The maximum atomic E-state index is 5.71. The molecule has 0 aliphatic heterocycles. The minimum Gasteiger partial charge on any atom is -0.326 e. The Morgan fingerprint density at radius 1 is 1.05 bits per heavy atom. The quantitative estimate of drug-likeness (QED) is 0.788. The molecule has 3 rings (SSSR count). The second-order valence-electron chi connectivity index (χ2n) is 4.86. The monoisotopic (exact) mass is 263 g/mol. The lowest BCUT2D eigenvalue weighted by Gasteiger charge is -2.07. The van der Waals surface area contributed by atoms with Crippen molar-refractivity contribution in [3.05, 3.63) is 72.1 Å². The van der Waals surface area contributed by atoms with E-state index in [0.29, 0.717) is 6.54 Å². The zero-order valence-electron chi connectivity index (χ0n) is 11.5. The maximum Gasteiger partial charge on any atom is 0.0678 e. The first-order valence-electron chi connectivity index (χ1n) is 6.68. The Kier molecular flexibility index (Phi) is 3.35. The number of benzene rings is 2. The standard InChI is InChI=1S/C17H17N3/c1-13-7-8-14(10-18)9-17(13)20-12-16(11-19-20)15-5-3-2-4-6-15/h2-9,11-12H,10,18H2,1H3. The first-order valence-corrected chi connectivity index (χ1v) is 6.68. The van der Waals surface area contributed by atoms with Crippen LogP contribution in [0.4, 0.5) is 0 Å². The van der Waals surface area contributed by atoms with Crippen LogP contribution in [0.3, 0.4) is 0 Å². The molecule has 0 spiro atoms. The van der Waals surface area contributed by atoms with E-state index in [0.717, 1.165) is 16.8 Å². The molecule has 0 radical (unpaired) electrons. The van der Waals surface area contributed by atoms with Gasteiger partial charge in [-0.1, -0.05) is 42.5 Å². The van der Waals surface area contributed by atoms with E-state index in [-0.39, 0.29) is 0 Å². The third-order valence-corrected chi connectivity index (χ3v) is 3.45. The van der Waals surface area contributed by atoms with Crippen LogP contribution in [0.1, 0.15) is 11.1 Å². The van der Waals surface area contributed by atoms with Crippen LogP contribution in [0.5, 0.6) is 0 Å². The van der Waals surface area contributed by atoms with Crippen LogP contribution in [-0.4, -0.2) is 9.78 Å². The summed E-state index contributed by atoms with van der Waals surface area (Å²) >= 11 is 0. The van der Waals surface area contributed by atoms with E-state index in [9.17, 15) is 0 Å². The summed E-state index contributed by atoms with van der Waals surface area (Å²) in [4.78, 5) is 0. The van der Waals surface area contributed by atoms with Crippen LogP contribution in [0.25, 0.3) is 16.8 Å². The van der Waals surface area contributed by atoms with Crippen molar-refractivity contribution in [2.45, 2.75) is 13.5 Å². The van der Waals surface area contributed by atoms with Gasteiger partial charge in [0, 0.05) is 18.3 Å². The minimum atomic E-state index is 0.542. The normalized spacial score (nSPS) is 10.7. The Bertz CT molecular complexity index is 714. The molecule has 3 heteroatoms. The van der Waals surface area contributed by atoms with Crippen molar-refractivity contribution < 1.29 is 0 Å². The predicted molar refractivity (Wildman–Crippen MR) is 81.6 cm³/mol. The fraction of sp³-hybridized carbons (Fsp3) is 0.118. The Morgan fingerprint density at radius 2 is 1.85 bits per heavy atom. The van der Waals surface area contributed by atoms with Gasteiger partial charge in [0.15, 0.2) is 0 Å². The molecule has 0 saturated carbocycles. The van der Waals surface area contributed by atoms with Gasteiger partial charge in [-0.15, -0.1) is 0 Å². The lowest BCUT2D eigenvalue weighted by molar-refractivity contribution is 0.868. The molecule has 0 atom stereocenters. The summed E-state index contributed by atoms with van der Waals surface area (Å²) in [7, 11) is 0. The van der Waals surface area contributed by atoms with Crippen LogP contribution in [0.2, 0.25) is 0 Å². The van der Waals surface area contributed by atoms with Crippen molar-refractivity contribution in [1.82, 2.24) is 9.78 Å². The Morgan fingerprint density at radius 3 is 2.60 bits per heavy atom. The second-order valence-corrected chi connectivity index (χ2v) is 4.86. The van der Waals surface area contributed by atoms with Gasteiger partial charge in [-0.05, 0) is 29.7 Å².